The predicted molar refractivity (Wildman–Crippen MR) is 110 cm³/mol. The molecule has 2 aromatic rings. The number of ether oxygens (including phenoxy) is 5. The van der Waals surface area contributed by atoms with E-state index in [0.29, 0.717) is 36.8 Å². The molecule has 1 amide bonds. The highest BCUT2D eigenvalue weighted by atomic mass is 16.7. The molecule has 0 aliphatic carbocycles. The molecular formula is C22H26N2O6. The van der Waals surface area contributed by atoms with E-state index in [-0.39, 0.29) is 18.7 Å². The standard InChI is InChI=1S/C22H26N2O6/c1-26-17-9-16(10-18(12-17)27-2)22(25)23-13-19(24-5-7-28-8-6-24)15-3-4-20-21(11-15)30-14-29-20/h3-4,9-12,19H,5-8,13-14H2,1-2H3,(H,23,25)/t19-/m0/s1. The van der Waals surface area contributed by atoms with Crippen LogP contribution in [0.2, 0.25) is 0 Å². The Balaban J connectivity index is 1.53. The minimum atomic E-state index is -0.189. The number of nitrogens with zero attached hydrogens (tertiary/aromatic N) is 1. The Morgan fingerprint density at radius 2 is 1.73 bits per heavy atom. The second-order valence-electron chi connectivity index (χ2n) is 7.09. The van der Waals surface area contributed by atoms with Crippen molar-refractivity contribution >= 4 is 5.91 Å². The van der Waals surface area contributed by atoms with Crippen molar-refractivity contribution in [3.05, 3.63) is 47.5 Å². The molecule has 0 unspecified atom stereocenters. The zero-order valence-corrected chi connectivity index (χ0v) is 17.2. The van der Waals surface area contributed by atoms with Gasteiger partial charge in [0.25, 0.3) is 5.91 Å². The normalized spacial score (nSPS) is 16.7. The maximum atomic E-state index is 12.9. The average Bonchev–Trinajstić information content (AvgIpc) is 3.27. The van der Waals surface area contributed by atoms with Gasteiger partial charge in [-0.3, -0.25) is 9.69 Å². The van der Waals surface area contributed by atoms with Crippen molar-refractivity contribution in [3.8, 4) is 23.0 Å². The number of rotatable bonds is 7. The quantitative estimate of drug-likeness (QED) is 0.744. The van der Waals surface area contributed by atoms with Gasteiger partial charge in [-0.1, -0.05) is 6.07 Å². The fraction of sp³-hybridized carbons (Fsp3) is 0.409. The number of carbonyl (C=O) groups is 1. The third-order valence-corrected chi connectivity index (χ3v) is 5.34. The van der Waals surface area contributed by atoms with Crippen LogP contribution in [0.15, 0.2) is 36.4 Å². The summed E-state index contributed by atoms with van der Waals surface area (Å²) in [6.45, 7) is 3.60. The van der Waals surface area contributed by atoms with Crippen LogP contribution in [0.1, 0.15) is 22.0 Å². The van der Waals surface area contributed by atoms with Gasteiger partial charge in [-0.2, -0.15) is 0 Å². The molecule has 1 N–H and O–H groups in total. The highest BCUT2D eigenvalue weighted by molar-refractivity contribution is 5.95. The fourth-order valence-electron chi connectivity index (χ4n) is 3.70. The van der Waals surface area contributed by atoms with Crippen LogP contribution in [0.5, 0.6) is 23.0 Å². The summed E-state index contributed by atoms with van der Waals surface area (Å²) in [7, 11) is 3.12. The number of morpholine rings is 1. The Morgan fingerprint density at radius 3 is 2.43 bits per heavy atom. The first-order chi connectivity index (χ1) is 14.7. The van der Waals surface area contributed by atoms with Gasteiger partial charge in [0.15, 0.2) is 11.5 Å². The third kappa shape index (κ3) is 4.44. The van der Waals surface area contributed by atoms with E-state index in [2.05, 4.69) is 10.2 Å². The van der Waals surface area contributed by atoms with Gasteiger partial charge in [-0.15, -0.1) is 0 Å². The number of methoxy groups -OCH3 is 2. The third-order valence-electron chi connectivity index (χ3n) is 5.34. The van der Waals surface area contributed by atoms with Crippen LogP contribution >= 0.6 is 0 Å². The predicted octanol–water partition coefficient (Wildman–Crippen LogP) is 2.24. The number of carbonyl (C=O) groups excluding carboxylic acids is 1. The first kappa shape index (κ1) is 20.3. The molecule has 2 aromatic carbocycles. The van der Waals surface area contributed by atoms with Crippen molar-refractivity contribution in [2.75, 3.05) is 53.9 Å². The molecule has 0 saturated carbocycles. The summed E-state index contributed by atoms with van der Waals surface area (Å²) in [6.07, 6.45) is 0. The Kier molecular flexibility index (Phi) is 6.25. The molecule has 0 radical (unpaired) electrons. The second-order valence-corrected chi connectivity index (χ2v) is 7.09. The van der Waals surface area contributed by atoms with Crippen LogP contribution in [0.4, 0.5) is 0 Å². The zero-order valence-electron chi connectivity index (χ0n) is 17.2. The second kappa shape index (κ2) is 9.23. The lowest BCUT2D eigenvalue weighted by atomic mass is 10.0. The molecule has 0 aromatic heterocycles. The monoisotopic (exact) mass is 414 g/mol. The van der Waals surface area contributed by atoms with Crippen molar-refractivity contribution in [1.29, 1.82) is 0 Å². The van der Waals surface area contributed by atoms with Crippen molar-refractivity contribution < 1.29 is 28.5 Å². The molecule has 2 aliphatic heterocycles. The van der Waals surface area contributed by atoms with Crippen LogP contribution in [0, 0.1) is 0 Å². The number of hydrogen-bond acceptors (Lipinski definition) is 7. The highest BCUT2D eigenvalue weighted by Crippen LogP contribution is 2.35. The van der Waals surface area contributed by atoms with E-state index in [1.165, 1.54) is 0 Å². The minimum Gasteiger partial charge on any atom is -0.497 e. The lowest BCUT2D eigenvalue weighted by molar-refractivity contribution is 0.0162. The first-order valence-corrected chi connectivity index (χ1v) is 9.90. The van der Waals surface area contributed by atoms with E-state index < -0.39 is 0 Å². The van der Waals surface area contributed by atoms with Gasteiger partial charge in [0.1, 0.15) is 11.5 Å². The van der Waals surface area contributed by atoms with E-state index in [9.17, 15) is 4.79 Å². The minimum absolute atomic E-state index is 0.0140. The van der Waals surface area contributed by atoms with E-state index in [4.69, 9.17) is 23.7 Å². The topological polar surface area (TPSA) is 78.5 Å². The average molecular weight is 414 g/mol. The van der Waals surface area contributed by atoms with Gasteiger partial charge in [0.05, 0.1) is 33.5 Å². The summed E-state index contributed by atoms with van der Waals surface area (Å²) in [4.78, 5) is 15.2. The number of nitrogens with one attached hydrogen (secondary N) is 1. The molecular weight excluding hydrogens is 388 g/mol. The Morgan fingerprint density at radius 1 is 1.03 bits per heavy atom. The number of benzene rings is 2. The van der Waals surface area contributed by atoms with Crippen LogP contribution in [0.3, 0.4) is 0 Å². The van der Waals surface area contributed by atoms with Gasteiger partial charge in [-0.05, 0) is 29.8 Å². The summed E-state index contributed by atoms with van der Waals surface area (Å²) in [5, 5.41) is 3.06. The van der Waals surface area contributed by atoms with Gasteiger partial charge in [0, 0.05) is 31.3 Å². The van der Waals surface area contributed by atoms with Crippen molar-refractivity contribution in [2.24, 2.45) is 0 Å². The highest BCUT2D eigenvalue weighted by Gasteiger charge is 2.25. The lowest BCUT2D eigenvalue weighted by Gasteiger charge is -2.35. The molecule has 0 spiro atoms. The van der Waals surface area contributed by atoms with Crippen molar-refractivity contribution in [3.63, 3.8) is 0 Å². The summed E-state index contributed by atoms with van der Waals surface area (Å²) in [5.41, 5.74) is 1.54. The fourth-order valence-corrected chi connectivity index (χ4v) is 3.70. The smallest absolute Gasteiger partial charge is 0.251 e. The summed E-state index contributed by atoms with van der Waals surface area (Å²) in [6, 6.07) is 11.0. The van der Waals surface area contributed by atoms with E-state index in [1.807, 2.05) is 18.2 Å². The van der Waals surface area contributed by atoms with Crippen LogP contribution in [-0.2, 0) is 4.74 Å². The van der Waals surface area contributed by atoms with Crippen LogP contribution in [-0.4, -0.2) is 64.7 Å². The molecule has 2 heterocycles. The number of fused-ring (bicyclic) bond motifs is 1. The van der Waals surface area contributed by atoms with Gasteiger partial charge >= 0.3 is 0 Å². The maximum absolute atomic E-state index is 12.9. The van der Waals surface area contributed by atoms with E-state index in [0.717, 1.165) is 30.2 Å². The molecule has 1 fully saturated rings. The van der Waals surface area contributed by atoms with E-state index in [1.54, 1.807) is 32.4 Å². The van der Waals surface area contributed by atoms with Crippen molar-refractivity contribution in [1.82, 2.24) is 10.2 Å². The largest absolute Gasteiger partial charge is 0.497 e. The Labute approximate surface area is 175 Å². The molecule has 2 aliphatic rings. The van der Waals surface area contributed by atoms with Crippen LogP contribution in [0.25, 0.3) is 0 Å². The molecule has 8 heteroatoms. The molecule has 8 nitrogen and oxygen atoms in total. The van der Waals surface area contributed by atoms with Gasteiger partial charge < -0.3 is 29.0 Å². The summed E-state index contributed by atoms with van der Waals surface area (Å²) in [5.74, 6) is 2.42. The number of hydrogen-bond donors (Lipinski definition) is 1. The molecule has 160 valence electrons. The molecule has 30 heavy (non-hydrogen) atoms. The molecule has 4 rings (SSSR count). The van der Waals surface area contributed by atoms with Gasteiger partial charge in [0.2, 0.25) is 6.79 Å². The van der Waals surface area contributed by atoms with Crippen LogP contribution < -0.4 is 24.3 Å². The zero-order chi connectivity index (χ0) is 20.9. The SMILES string of the molecule is COc1cc(OC)cc(C(=O)NC[C@@H](c2ccc3c(c2)OCO3)N2CCOCC2)c1. The van der Waals surface area contributed by atoms with Gasteiger partial charge in [-0.25, -0.2) is 0 Å². The molecule has 1 atom stereocenters. The molecule has 0 bridgehead atoms. The maximum Gasteiger partial charge on any atom is 0.251 e. The van der Waals surface area contributed by atoms with E-state index >= 15 is 0 Å². The van der Waals surface area contributed by atoms with Crippen molar-refractivity contribution in [2.45, 2.75) is 6.04 Å². The summed E-state index contributed by atoms with van der Waals surface area (Å²) < 4.78 is 27.0. The Hall–Kier alpha value is -2.97. The summed E-state index contributed by atoms with van der Waals surface area (Å²) >= 11 is 0. The lowest BCUT2D eigenvalue weighted by Crippen LogP contribution is -2.43. The first-order valence-electron chi connectivity index (χ1n) is 9.90. The number of amides is 1. The molecule has 1 saturated heterocycles. The Bertz CT molecular complexity index is 875.